The summed E-state index contributed by atoms with van der Waals surface area (Å²) in [5.41, 5.74) is 0. The van der Waals surface area contributed by atoms with Crippen molar-refractivity contribution in [1.82, 2.24) is 25.0 Å². The number of aromatic nitrogens is 3. The number of amides is 1. The summed E-state index contributed by atoms with van der Waals surface area (Å²) in [5.74, 6) is 2.29. The molecule has 0 aliphatic carbocycles. The van der Waals surface area contributed by atoms with Crippen molar-refractivity contribution >= 4 is 5.91 Å². The normalized spacial score (nSPS) is 18.6. The molecule has 7 nitrogen and oxygen atoms in total. The number of carbonyl (C=O) groups excluding carboxylic acids is 1. The molecule has 1 amide bonds. The van der Waals surface area contributed by atoms with Gasteiger partial charge in [0.25, 0.3) is 0 Å². The van der Waals surface area contributed by atoms with Crippen LogP contribution >= 0.6 is 0 Å². The molecule has 0 bridgehead atoms. The Morgan fingerprint density at radius 1 is 1.19 bits per heavy atom. The summed E-state index contributed by atoms with van der Waals surface area (Å²) in [6.07, 6.45) is 3.97. The van der Waals surface area contributed by atoms with Crippen LogP contribution in [-0.2, 0) is 29.0 Å². The molecular formula is C14H23N5O2. The van der Waals surface area contributed by atoms with E-state index < -0.39 is 0 Å². The van der Waals surface area contributed by atoms with Crippen molar-refractivity contribution in [2.45, 2.75) is 38.8 Å². The fourth-order valence-corrected chi connectivity index (χ4v) is 2.87. The largest absolute Gasteiger partial charge is 0.378 e. The highest BCUT2D eigenvalue weighted by molar-refractivity contribution is 5.76. The van der Waals surface area contributed by atoms with Crippen molar-refractivity contribution in [2.75, 3.05) is 32.8 Å². The topological polar surface area (TPSA) is 72.3 Å². The first-order valence-electron chi connectivity index (χ1n) is 7.82. The van der Waals surface area contributed by atoms with E-state index in [4.69, 9.17) is 4.74 Å². The average molecular weight is 293 g/mol. The number of morpholine rings is 1. The smallest absolute Gasteiger partial charge is 0.224 e. The number of hydrogen-bond acceptors (Lipinski definition) is 5. The van der Waals surface area contributed by atoms with Crippen molar-refractivity contribution in [1.29, 1.82) is 0 Å². The van der Waals surface area contributed by atoms with Gasteiger partial charge in [-0.2, -0.15) is 0 Å². The maximum Gasteiger partial charge on any atom is 0.224 e. The third-order valence-electron chi connectivity index (χ3n) is 4.10. The van der Waals surface area contributed by atoms with Crippen LogP contribution in [0.5, 0.6) is 0 Å². The molecule has 3 rings (SSSR count). The van der Waals surface area contributed by atoms with Crippen LogP contribution in [0.15, 0.2) is 0 Å². The van der Waals surface area contributed by atoms with E-state index in [1.54, 1.807) is 0 Å². The maximum atomic E-state index is 12.0. The Hall–Kier alpha value is -1.47. The van der Waals surface area contributed by atoms with Crippen molar-refractivity contribution in [3.63, 3.8) is 0 Å². The Morgan fingerprint density at radius 3 is 2.90 bits per heavy atom. The lowest BCUT2D eigenvalue weighted by Crippen LogP contribution is -2.41. The molecule has 116 valence electrons. The van der Waals surface area contributed by atoms with E-state index in [0.29, 0.717) is 32.7 Å². The standard InChI is InChI=1S/C14H23N5O2/c20-14(18-7-9-21-10-8-18)4-5-15-11-13-17-16-12-3-1-2-6-19(12)13/h15H,1-11H2. The average Bonchev–Trinajstić information content (AvgIpc) is 2.95. The molecule has 1 N–H and O–H groups in total. The first-order chi connectivity index (χ1) is 10.3. The number of fused-ring (bicyclic) bond motifs is 1. The molecule has 0 aromatic carbocycles. The number of rotatable bonds is 5. The lowest BCUT2D eigenvalue weighted by atomic mass is 10.2. The Bertz CT molecular complexity index is 482. The lowest BCUT2D eigenvalue weighted by molar-refractivity contribution is -0.135. The van der Waals surface area contributed by atoms with Gasteiger partial charge in [0.2, 0.25) is 5.91 Å². The van der Waals surface area contributed by atoms with Gasteiger partial charge in [-0.15, -0.1) is 10.2 Å². The zero-order valence-electron chi connectivity index (χ0n) is 12.4. The van der Waals surface area contributed by atoms with E-state index >= 15 is 0 Å². The Balaban J connectivity index is 1.40. The number of carbonyl (C=O) groups is 1. The van der Waals surface area contributed by atoms with Crippen molar-refractivity contribution in [2.24, 2.45) is 0 Å². The van der Waals surface area contributed by atoms with E-state index in [2.05, 4.69) is 20.1 Å². The highest BCUT2D eigenvalue weighted by Gasteiger charge is 2.17. The number of ether oxygens (including phenoxy) is 1. The van der Waals surface area contributed by atoms with Crippen LogP contribution in [0.2, 0.25) is 0 Å². The van der Waals surface area contributed by atoms with Crippen LogP contribution in [0.25, 0.3) is 0 Å². The summed E-state index contributed by atoms with van der Waals surface area (Å²) in [5, 5.41) is 11.8. The van der Waals surface area contributed by atoms with Gasteiger partial charge >= 0.3 is 0 Å². The third-order valence-corrected chi connectivity index (χ3v) is 4.10. The van der Waals surface area contributed by atoms with Gasteiger partial charge in [0.05, 0.1) is 19.8 Å². The molecule has 7 heteroatoms. The van der Waals surface area contributed by atoms with E-state index in [0.717, 1.165) is 37.7 Å². The minimum atomic E-state index is 0.203. The van der Waals surface area contributed by atoms with Gasteiger partial charge in [0.1, 0.15) is 11.6 Å². The predicted octanol–water partition coefficient (Wildman–Crippen LogP) is -0.0471. The minimum absolute atomic E-state index is 0.203. The molecule has 2 aliphatic heterocycles. The van der Waals surface area contributed by atoms with Crippen LogP contribution in [0.3, 0.4) is 0 Å². The predicted molar refractivity (Wildman–Crippen MR) is 76.7 cm³/mol. The van der Waals surface area contributed by atoms with Crippen LogP contribution in [0, 0.1) is 0 Å². The Kier molecular flexibility index (Phi) is 4.82. The fourth-order valence-electron chi connectivity index (χ4n) is 2.87. The van der Waals surface area contributed by atoms with Gasteiger partial charge in [-0.05, 0) is 12.8 Å². The minimum Gasteiger partial charge on any atom is -0.378 e. The van der Waals surface area contributed by atoms with E-state index in [1.807, 2.05) is 4.90 Å². The van der Waals surface area contributed by atoms with Gasteiger partial charge in [0, 0.05) is 39.0 Å². The number of aryl methyl sites for hydroxylation is 1. The van der Waals surface area contributed by atoms with Crippen LogP contribution < -0.4 is 5.32 Å². The molecule has 1 fully saturated rings. The second-order valence-electron chi connectivity index (χ2n) is 5.56. The van der Waals surface area contributed by atoms with Crippen molar-refractivity contribution in [3.05, 3.63) is 11.6 Å². The molecule has 0 radical (unpaired) electrons. The molecule has 21 heavy (non-hydrogen) atoms. The first-order valence-corrected chi connectivity index (χ1v) is 7.82. The third kappa shape index (κ3) is 3.59. The first kappa shape index (κ1) is 14.5. The number of nitrogens with zero attached hydrogens (tertiary/aromatic N) is 4. The molecule has 0 saturated carbocycles. The highest BCUT2D eigenvalue weighted by Crippen LogP contribution is 2.13. The summed E-state index contributed by atoms with van der Waals surface area (Å²) in [6, 6.07) is 0. The zero-order valence-corrected chi connectivity index (χ0v) is 12.4. The molecule has 0 spiro atoms. The second-order valence-corrected chi connectivity index (χ2v) is 5.56. The molecule has 1 aromatic rings. The Morgan fingerprint density at radius 2 is 2.05 bits per heavy atom. The summed E-state index contributed by atoms with van der Waals surface area (Å²) in [7, 11) is 0. The van der Waals surface area contributed by atoms with Crippen molar-refractivity contribution in [3.8, 4) is 0 Å². The SMILES string of the molecule is O=C(CCNCc1nnc2n1CCCC2)N1CCOCC1. The highest BCUT2D eigenvalue weighted by atomic mass is 16.5. The Labute approximate surface area is 124 Å². The summed E-state index contributed by atoms with van der Waals surface area (Å²) < 4.78 is 7.46. The molecule has 1 aromatic heterocycles. The monoisotopic (exact) mass is 293 g/mol. The lowest BCUT2D eigenvalue weighted by Gasteiger charge is -2.26. The van der Waals surface area contributed by atoms with E-state index in [9.17, 15) is 4.79 Å². The van der Waals surface area contributed by atoms with Crippen LogP contribution in [0.1, 0.15) is 30.9 Å². The molecule has 0 atom stereocenters. The summed E-state index contributed by atoms with van der Waals surface area (Å²) in [4.78, 5) is 13.9. The maximum absolute atomic E-state index is 12.0. The molecule has 3 heterocycles. The molecule has 0 unspecified atom stereocenters. The van der Waals surface area contributed by atoms with E-state index in [1.165, 1.54) is 12.8 Å². The zero-order chi connectivity index (χ0) is 14.5. The quantitative estimate of drug-likeness (QED) is 0.771. The summed E-state index contributed by atoms with van der Waals surface area (Å²) in [6.45, 7) is 5.14. The van der Waals surface area contributed by atoms with Gasteiger partial charge in [-0.3, -0.25) is 4.79 Å². The van der Waals surface area contributed by atoms with Crippen LogP contribution in [-0.4, -0.2) is 58.4 Å². The van der Waals surface area contributed by atoms with Crippen molar-refractivity contribution < 1.29 is 9.53 Å². The summed E-state index contributed by atoms with van der Waals surface area (Å²) >= 11 is 0. The molecule has 2 aliphatic rings. The van der Waals surface area contributed by atoms with Crippen LogP contribution in [0.4, 0.5) is 0 Å². The number of nitrogens with one attached hydrogen (secondary N) is 1. The van der Waals surface area contributed by atoms with Gasteiger partial charge < -0.3 is 19.5 Å². The van der Waals surface area contributed by atoms with Gasteiger partial charge in [-0.1, -0.05) is 0 Å². The molecule has 1 saturated heterocycles. The number of hydrogen-bond donors (Lipinski definition) is 1. The fraction of sp³-hybridized carbons (Fsp3) is 0.786. The van der Waals surface area contributed by atoms with Gasteiger partial charge in [-0.25, -0.2) is 0 Å². The van der Waals surface area contributed by atoms with E-state index in [-0.39, 0.29) is 5.91 Å². The second kappa shape index (κ2) is 7.00. The van der Waals surface area contributed by atoms with Gasteiger partial charge in [0.15, 0.2) is 0 Å². The molecular weight excluding hydrogens is 270 g/mol.